The molecule has 1 N–H and O–H groups in total. The second-order valence-electron chi connectivity index (χ2n) is 4.06. The highest BCUT2D eigenvalue weighted by molar-refractivity contribution is 9.10. The zero-order valence-electron chi connectivity index (χ0n) is 10.6. The largest absolute Gasteiger partial charge is 0.313 e. The van der Waals surface area contributed by atoms with Crippen LogP contribution in [0.25, 0.3) is 0 Å². The molecule has 100 valence electrons. The molecule has 0 aliphatic heterocycles. The van der Waals surface area contributed by atoms with E-state index >= 15 is 0 Å². The van der Waals surface area contributed by atoms with Gasteiger partial charge in [0.25, 0.3) is 0 Å². The average molecular weight is 340 g/mol. The molecular weight excluding hydrogens is 325 g/mol. The Morgan fingerprint density at radius 3 is 2.74 bits per heavy atom. The highest BCUT2D eigenvalue weighted by atomic mass is 79.9. The molecule has 0 saturated carbocycles. The number of hydrogen-bond donors (Lipinski definition) is 1. The molecule has 2 aromatic rings. The van der Waals surface area contributed by atoms with Crippen LogP contribution < -0.4 is 5.32 Å². The summed E-state index contributed by atoms with van der Waals surface area (Å²) in [6.07, 6.45) is 0. The van der Waals surface area contributed by atoms with E-state index in [1.807, 2.05) is 37.3 Å². The maximum absolute atomic E-state index is 13.9. The molecule has 0 bridgehead atoms. The monoisotopic (exact) mass is 339 g/mol. The van der Waals surface area contributed by atoms with E-state index < -0.39 is 0 Å². The maximum Gasteiger partial charge on any atom is 0.128 e. The Bertz CT molecular complexity index is 560. The first kappa shape index (κ1) is 14.6. The molecule has 0 aliphatic carbocycles. The van der Waals surface area contributed by atoms with Crippen LogP contribution in [0.15, 0.2) is 56.7 Å². The van der Waals surface area contributed by atoms with Crippen LogP contribution in [-0.4, -0.2) is 6.54 Å². The van der Waals surface area contributed by atoms with Crippen LogP contribution in [-0.2, 0) is 6.54 Å². The van der Waals surface area contributed by atoms with E-state index in [2.05, 4.69) is 21.2 Å². The van der Waals surface area contributed by atoms with Crippen LogP contribution in [0, 0.1) is 5.82 Å². The molecule has 2 aromatic carbocycles. The number of rotatable bonds is 5. The summed E-state index contributed by atoms with van der Waals surface area (Å²) < 4.78 is 14.9. The predicted molar refractivity (Wildman–Crippen MR) is 82.0 cm³/mol. The van der Waals surface area contributed by atoms with Gasteiger partial charge in [0.1, 0.15) is 5.82 Å². The highest BCUT2D eigenvalue weighted by Gasteiger charge is 2.09. The van der Waals surface area contributed by atoms with Crippen LogP contribution in [0.2, 0.25) is 0 Å². The lowest BCUT2D eigenvalue weighted by atomic mass is 10.2. The summed E-state index contributed by atoms with van der Waals surface area (Å²) in [5.74, 6) is -0.152. The van der Waals surface area contributed by atoms with Crippen molar-refractivity contribution < 1.29 is 4.39 Å². The Balaban J connectivity index is 2.26. The Morgan fingerprint density at radius 1 is 1.21 bits per heavy atom. The smallest absolute Gasteiger partial charge is 0.128 e. The summed E-state index contributed by atoms with van der Waals surface area (Å²) in [4.78, 5) is 2.05. The van der Waals surface area contributed by atoms with Crippen molar-refractivity contribution in [1.82, 2.24) is 5.32 Å². The summed E-state index contributed by atoms with van der Waals surface area (Å²) in [5, 5.41) is 3.18. The molecule has 0 radical (unpaired) electrons. The summed E-state index contributed by atoms with van der Waals surface area (Å²) in [7, 11) is 0. The van der Waals surface area contributed by atoms with Crippen LogP contribution in [0.4, 0.5) is 4.39 Å². The van der Waals surface area contributed by atoms with Crippen molar-refractivity contribution in [2.45, 2.75) is 23.3 Å². The van der Waals surface area contributed by atoms with Crippen molar-refractivity contribution in [1.29, 1.82) is 0 Å². The van der Waals surface area contributed by atoms with Crippen LogP contribution >= 0.6 is 27.7 Å². The van der Waals surface area contributed by atoms with Crippen molar-refractivity contribution in [2.75, 3.05) is 6.54 Å². The van der Waals surface area contributed by atoms with Gasteiger partial charge in [-0.2, -0.15) is 0 Å². The fourth-order valence-electron chi connectivity index (χ4n) is 1.71. The molecule has 0 aliphatic rings. The Labute approximate surface area is 125 Å². The summed E-state index contributed by atoms with van der Waals surface area (Å²) in [6.45, 7) is 3.40. The SMILES string of the molecule is CCNCc1c(F)cccc1Sc1cccc(Br)c1. The standard InChI is InChI=1S/C15H15BrFNS/c1-2-18-10-13-14(17)7-4-8-15(13)19-12-6-3-5-11(16)9-12/h3-9,18H,2,10H2,1H3. The molecular formula is C15H15BrFNS. The quantitative estimate of drug-likeness (QED) is 0.835. The Kier molecular flexibility index (Phi) is 5.43. The first-order valence-electron chi connectivity index (χ1n) is 6.12. The number of halogens is 2. The summed E-state index contributed by atoms with van der Waals surface area (Å²) in [6, 6.07) is 13.2. The number of hydrogen-bond acceptors (Lipinski definition) is 2. The zero-order chi connectivity index (χ0) is 13.7. The van der Waals surface area contributed by atoms with E-state index in [0.717, 1.165) is 26.4 Å². The Hall–Kier alpha value is -0.840. The Morgan fingerprint density at radius 2 is 2.00 bits per heavy atom. The molecule has 0 amide bonds. The van der Waals surface area contributed by atoms with Gasteiger partial charge in [-0.3, -0.25) is 0 Å². The van der Waals surface area contributed by atoms with E-state index in [1.165, 1.54) is 6.07 Å². The minimum Gasteiger partial charge on any atom is -0.313 e. The average Bonchev–Trinajstić information content (AvgIpc) is 2.38. The van der Waals surface area contributed by atoms with Gasteiger partial charge in [-0.05, 0) is 36.9 Å². The molecule has 4 heteroatoms. The fraction of sp³-hybridized carbons (Fsp3) is 0.200. The van der Waals surface area contributed by atoms with Gasteiger partial charge < -0.3 is 5.32 Å². The lowest BCUT2D eigenvalue weighted by molar-refractivity contribution is 0.586. The summed E-state index contributed by atoms with van der Waals surface area (Å²) in [5.41, 5.74) is 0.731. The van der Waals surface area contributed by atoms with Gasteiger partial charge in [-0.1, -0.05) is 46.7 Å². The summed E-state index contributed by atoms with van der Waals surface area (Å²) >= 11 is 5.03. The lowest BCUT2D eigenvalue weighted by Crippen LogP contribution is -2.13. The van der Waals surface area contributed by atoms with Crippen LogP contribution in [0.3, 0.4) is 0 Å². The molecule has 0 heterocycles. The van der Waals surface area contributed by atoms with E-state index in [0.29, 0.717) is 6.54 Å². The minimum absolute atomic E-state index is 0.152. The van der Waals surface area contributed by atoms with E-state index in [4.69, 9.17) is 0 Å². The van der Waals surface area contributed by atoms with Gasteiger partial charge in [-0.25, -0.2) is 4.39 Å². The van der Waals surface area contributed by atoms with Gasteiger partial charge in [-0.15, -0.1) is 0 Å². The lowest BCUT2D eigenvalue weighted by Gasteiger charge is -2.11. The van der Waals surface area contributed by atoms with Gasteiger partial charge in [0.05, 0.1) is 0 Å². The maximum atomic E-state index is 13.9. The van der Waals surface area contributed by atoms with E-state index in [1.54, 1.807) is 17.8 Å². The molecule has 0 spiro atoms. The van der Waals surface area contributed by atoms with Crippen LogP contribution in [0.5, 0.6) is 0 Å². The second-order valence-corrected chi connectivity index (χ2v) is 6.09. The van der Waals surface area contributed by atoms with Crippen molar-refractivity contribution in [3.05, 3.63) is 58.3 Å². The van der Waals surface area contributed by atoms with Crippen molar-refractivity contribution >= 4 is 27.7 Å². The zero-order valence-corrected chi connectivity index (χ0v) is 13.0. The van der Waals surface area contributed by atoms with Crippen LogP contribution in [0.1, 0.15) is 12.5 Å². The van der Waals surface area contributed by atoms with Gasteiger partial charge >= 0.3 is 0 Å². The molecule has 1 nitrogen and oxygen atoms in total. The molecule has 0 unspecified atom stereocenters. The number of benzene rings is 2. The normalized spacial score (nSPS) is 10.7. The first-order chi connectivity index (χ1) is 9.20. The molecule has 19 heavy (non-hydrogen) atoms. The second kappa shape index (κ2) is 7.08. The molecule has 0 aromatic heterocycles. The van der Waals surface area contributed by atoms with Gasteiger partial charge in [0.15, 0.2) is 0 Å². The molecule has 0 atom stereocenters. The third-order valence-corrected chi connectivity index (χ3v) is 4.24. The third-order valence-electron chi connectivity index (χ3n) is 2.65. The van der Waals surface area contributed by atoms with Gasteiger partial charge in [0.2, 0.25) is 0 Å². The molecule has 0 fully saturated rings. The van der Waals surface area contributed by atoms with Crippen molar-refractivity contribution in [2.24, 2.45) is 0 Å². The van der Waals surface area contributed by atoms with E-state index in [9.17, 15) is 4.39 Å². The first-order valence-corrected chi connectivity index (χ1v) is 7.73. The minimum atomic E-state index is -0.152. The molecule has 2 rings (SSSR count). The van der Waals surface area contributed by atoms with Gasteiger partial charge in [0, 0.05) is 26.4 Å². The molecule has 0 saturated heterocycles. The highest BCUT2D eigenvalue weighted by Crippen LogP contribution is 2.32. The predicted octanol–water partition coefficient (Wildman–Crippen LogP) is 4.85. The van der Waals surface area contributed by atoms with Crippen molar-refractivity contribution in [3.8, 4) is 0 Å². The van der Waals surface area contributed by atoms with E-state index in [-0.39, 0.29) is 5.82 Å². The number of nitrogens with one attached hydrogen (secondary N) is 1. The van der Waals surface area contributed by atoms with Crippen molar-refractivity contribution in [3.63, 3.8) is 0 Å². The fourth-order valence-corrected chi connectivity index (χ4v) is 3.29. The topological polar surface area (TPSA) is 12.0 Å². The third kappa shape index (κ3) is 4.06.